The van der Waals surface area contributed by atoms with E-state index < -0.39 is 18.5 Å². The first-order valence-electron chi connectivity index (χ1n) is 5.89. The standard InChI is InChI=1S/C13H15F4NO/c1-2-18(9-13(15,16)17)8-7-12(19)10-3-5-11(14)6-4-10/h3-6H,2,7-9H2,1H3. The van der Waals surface area contributed by atoms with Crippen molar-refractivity contribution in [2.45, 2.75) is 19.5 Å². The summed E-state index contributed by atoms with van der Waals surface area (Å²) in [6.45, 7) is 0.830. The molecular weight excluding hydrogens is 262 g/mol. The van der Waals surface area contributed by atoms with E-state index in [1.165, 1.54) is 12.1 Å². The molecule has 0 N–H and O–H groups in total. The van der Waals surface area contributed by atoms with E-state index in [0.717, 1.165) is 17.0 Å². The second-order valence-corrected chi connectivity index (χ2v) is 4.16. The first kappa shape index (κ1) is 15.6. The Morgan fingerprint density at radius 1 is 1.21 bits per heavy atom. The average molecular weight is 277 g/mol. The van der Waals surface area contributed by atoms with Gasteiger partial charge in [0.25, 0.3) is 0 Å². The zero-order chi connectivity index (χ0) is 14.5. The van der Waals surface area contributed by atoms with Gasteiger partial charge in [0.05, 0.1) is 6.54 Å². The average Bonchev–Trinajstić information content (AvgIpc) is 2.33. The zero-order valence-electron chi connectivity index (χ0n) is 10.5. The van der Waals surface area contributed by atoms with Gasteiger partial charge in [-0.1, -0.05) is 6.92 Å². The van der Waals surface area contributed by atoms with E-state index in [-0.39, 0.29) is 25.3 Å². The smallest absolute Gasteiger partial charge is 0.295 e. The molecule has 0 fully saturated rings. The highest BCUT2D eigenvalue weighted by atomic mass is 19.4. The van der Waals surface area contributed by atoms with Crippen molar-refractivity contribution >= 4 is 5.78 Å². The number of ketones is 1. The fourth-order valence-electron chi connectivity index (χ4n) is 1.64. The van der Waals surface area contributed by atoms with E-state index >= 15 is 0 Å². The number of carbonyl (C=O) groups excluding carboxylic acids is 1. The Morgan fingerprint density at radius 2 is 1.79 bits per heavy atom. The highest BCUT2D eigenvalue weighted by molar-refractivity contribution is 5.96. The molecule has 0 unspecified atom stereocenters. The van der Waals surface area contributed by atoms with Crippen LogP contribution in [0.15, 0.2) is 24.3 Å². The third-order valence-corrected chi connectivity index (χ3v) is 2.67. The summed E-state index contributed by atoms with van der Waals surface area (Å²) in [5.74, 6) is -0.746. The minimum atomic E-state index is -4.27. The Kier molecular flexibility index (Phi) is 5.47. The molecule has 1 rings (SSSR count). The lowest BCUT2D eigenvalue weighted by Crippen LogP contribution is -2.35. The SMILES string of the molecule is CCN(CCC(=O)c1ccc(F)cc1)CC(F)(F)F. The molecule has 0 aliphatic carbocycles. The predicted molar refractivity (Wildman–Crippen MR) is 63.5 cm³/mol. The molecule has 6 heteroatoms. The minimum absolute atomic E-state index is 0.0183. The molecule has 0 aliphatic rings. The van der Waals surface area contributed by atoms with Crippen LogP contribution in [0.3, 0.4) is 0 Å². The van der Waals surface area contributed by atoms with Gasteiger partial charge in [0.1, 0.15) is 5.82 Å². The van der Waals surface area contributed by atoms with Gasteiger partial charge in [-0.25, -0.2) is 4.39 Å². The molecule has 0 saturated heterocycles. The van der Waals surface area contributed by atoms with E-state index in [4.69, 9.17) is 0 Å². The largest absolute Gasteiger partial charge is 0.401 e. The molecule has 1 aromatic rings. The molecule has 0 amide bonds. The van der Waals surface area contributed by atoms with Crippen LogP contribution in [0.5, 0.6) is 0 Å². The van der Waals surface area contributed by atoms with E-state index in [0.29, 0.717) is 5.56 Å². The van der Waals surface area contributed by atoms with Crippen LogP contribution in [0.2, 0.25) is 0 Å². The molecular formula is C13H15F4NO. The molecule has 1 aromatic carbocycles. The summed E-state index contributed by atoms with van der Waals surface area (Å²) in [5.41, 5.74) is 0.310. The maximum Gasteiger partial charge on any atom is 0.401 e. The van der Waals surface area contributed by atoms with Crippen LogP contribution in [0.25, 0.3) is 0 Å². The van der Waals surface area contributed by atoms with Crippen molar-refractivity contribution in [3.63, 3.8) is 0 Å². The molecule has 0 radical (unpaired) electrons. The molecule has 0 spiro atoms. The van der Waals surface area contributed by atoms with Crippen molar-refractivity contribution in [1.82, 2.24) is 4.90 Å². The normalized spacial score (nSPS) is 11.9. The summed E-state index contributed by atoms with van der Waals surface area (Å²) in [4.78, 5) is 12.9. The number of nitrogens with zero attached hydrogens (tertiary/aromatic N) is 1. The lowest BCUT2D eigenvalue weighted by atomic mass is 10.1. The second kappa shape index (κ2) is 6.65. The summed E-state index contributed by atoms with van der Waals surface area (Å²) in [7, 11) is 0. The van der Waals surface area contributed by atoms with Gasteiger partial charge in [-0.2, -0.15) is 13.2 Å². The van der Waals surface area contributed by atoms with E-state index in [2.05, 4.69) is 0 Å². The van der Waals surface area contributed by atoms with Crippen molar-refractivity contribution in [2.75, 3.05) is 19.6 Å². The summed E-state index contributed by atoms with van der Waals surface area (Å²) in [5, 5.41) is 0. The van der Waals surface area contributed by atoms with Crippen molar-refractivity contribution < 1.29 is 22.4 Å². The molecule has 0 saturated carbocycles. The Hall–Kier alpha value is -1.43. The van der Waals surface area contributed by atoms with Crippen LogP contribution in [-0.2, 0) is 0 Å². The zero-order valence-corrected chi connectivity index (χ0v) is 10.5. The van der Waals surface area contributed by atoms with Gasteiger partial charge in [-0.05, 0) is 30.8 Å². The quantitative estimate of drug-likeness (QED) is 0.587. The third-order valence-electron chi connectivity index (χ3n) is 2.67. The maximum atomic E-state index is 12.7. The lowest BCUT2D eigenvalue weighted by Gasteiger charge is -2.21. The monoisotopic (exact) mass is 277 g/mol. The number of alkyl halides is 3. The van der Waals surface area contributed by atoms with Crippen LogP contribution in [0, 0.1) is 5.82 Å². The lowest BCUT2D eigenvalue weighted by molar-refractivity contribution is -0.145. The van der Waals surface area contributed by atoms with Crippen LogP contribution in [-0.4, -0.2) is 36.5 Å². The number of rotatable bonds is 6. The molecule has 0 bridgehead atoms. The molecule has 0 aromatic heterocycles. The Labute approximate surface area is 109 Å². The first-order valence-corrected chi connectivity index (χ1v) is 5.89. The molecule has 2 nitrogen and oxygen atoms in total. The second-order valence-electron chi connectivity index (χ2n) is 4.16. The van der Waals surface area contributed by atoms with Crippen molar-refractivity contribution in [1.29, 1.82) is 0 Å². The number of hydrogen-bond donors (Lipinski definition) is 0. The van der Waals surface area contributed by atoms with Gasteiger partial charge in [0.15, 0.2) is 5.78 Å². The van der Waals surface area contributed by atoms with Gasteiger partial charge in [-0.15, -0.1) is 0 Å². The fourth-order valence-corrected chi connectivity index (χ4v) is 1.64. The predicted octanol–water partition coefficient (Wildman–Crippen LogP) is 3.28. The fraction of sp³-hybridized carbons (Fsp3) is 0.462. The van der Waals surface area contributed by atoms with Gasteiger partial charge >= 0.3 is 6.18 Å². The number of Topliss-reactive ketones (excluding diaryl/α,β-unsaturated/α-hetero) is 1. The van der Waals surface area contributed by atoms with E-state index in [1.807, 2.05) is 0 Å². The minimum Gasteiger partial charge on any atom is -0.295 e. The Bertz CT molecular complexity index is 414. The summed E-state index contributed by atoms with van der Waals surface area (Å²) in [6, 6.07) is 4.97. The highest BCUT2D eigenvalue weighted by Gasteiger charge is 2.30. The maximum absolute atomic E-state index is 12.7. The van der Waals surface area contributed by atoms with Crippen molar-refractivity contribution in [3.05, 3.63) is 35.6 Å². The van der Waals surface area contributed by atoms with E-state index in [1.54, 1.807) is 6.92 Å². The van der Waals surface area contributed by atoms with Gasteiger partial charge < -0.3 is 0 Å². The Balaban J connectivity index is 2.50. The highest BCUT2D eigenvalue weighted by Crippen LogP contribution is 2.16. The van der Waals surface area contributed by atoms with Gasteiger partial charge in [-0.3, -0.25) is 9.69 Å². The number of halogens is 4. The van der Waals surface area contributed by atoms with Crippen LogP contribution in [0.4, 0.5) is 17.6 Å². The molecule has 0 heterocycles. The van der Waals surface area contributed by atoms with Crippen LogP contribution >= 0.6 is 0 Å². The summed E-state index contributed by atoms with van der Waals surface area (Å²) < 4.78 is 49.3. The van der Waals surface area contributed by atoms with Gasteiger partial charge in [0, 0.05) is 18.5 Å². The number of benzene rings is 1. The molecule has 106 valence electrons. The molecule has 0 aliphatic heterocycles. The third kappa shape index (κ3) is 5.83. The first-order chi connectivity index (χ1) is 8.81. The number of carbonyl (C=O) groups is 1. The van der Waals surface area contributed by atoms with Crippen molar-refractivity contribution in [3.8, 4) is 0 Å². The van der Waals surface area contributed by atoms with E-state index in [9.17, 15) is 22.4 Å². The molecule has 0 atom stereocenters. The summed E-state index contributed by atoms with van der Waals surface area (Å²) in [6.07, 6.45) is -4.29. The topological polar surface area (TPSA) is 20.3 Å². The summed E-state index contributed by atoms with van der Waals surface area (Å²) >= 11 is 0. The number of hydrogen-bond acceptors (Lipinski definition) is 2. The van der Waals surface area contributed by atoms with Gasteiger partial charge in [0.2, 0.25) is 0 Å². The van der Waals surface area contributed by atoms with Crippen LogP contribution in [0.1, 0.15) is 23.7 Å². The van der Waals surface area contributed by atoms with Crippen molar-refractivity contribution in [2.24, 2.45) is 0 Å². The van der Waals surface area contributed by atoms with Crippen LogP contribution < -0.4 is 0 Å². The molecule has 19 heavy (non-hydrogen) atoms. The Morgan fingerprint density at radius 3 is 2.26 bits per heavy atom.